The lowest BCUT2D eigenvalue weighted by atomic mass is 10.2. The van der Waals surface area contributed by atoms with E-state index in [-0.39, 0.29) is 22.0 Å². The van der Waals surface area contributed by atoms with E-state index in [1.807, 2.05) is 6.92 Å². The minimum atomic E-state index is -3.57. The highest BCUT2D eigenvalue weighted by molar-refractivity contribution is 14.1. The van der Waals surface area contributed by atoms with Crippen molar-refractivity contribution in [2.45, 2.75) is 31.2 Å². The van der Waals surface area contributed by atoms with E-state index < -0.39 is 10.0 Å². The molecule has 1 amide bonds. The van der Waals surface area contributed by atoms with Crippen molar-refractivity contribution in [3.8, 4) is 5.75 Å². The molecule has 156 valence electrons. The maximum Gasteiger partial charge on any atom is 0.257 e. The number of carbonyl (C=O) groups is 1. The van der Waals surface area contributed by atoms with E-state index in [2.05, 4.69) is 37.9 Å². The van der Waals surface area contributed by atoms with Gasteiger partial charge in [-0.3, -0.25) is 10.1 Å². The van der Waals surface area contributed by atoms with Crippen LogP contribution in [-0.2, 0) is 10.0 Å². The summed E-state index contributed by atoms with van der Waals surface area (Å²) in [6.45, 7) is 3.71. The Kier molecular flexibility index (Phi) is 8.37. The first-order valence-corrected chi connectivity index (χ1v) is 11.7. The molecule has 2 aromatic rings. The van der Waals surface area contributed by atoms with Crippen LogP contribution in [0.2, 0.25) is 0 Å². The monoisotopic (exact) mass is 547 g/mol. The van der Waals surface area contributed by atoms with Crippen molar-refractivity contribution in [2.75, 3.05) is 12.4 Å². The van der Waals surface area contributed by atoms with Gasteiger partial charge < -0.3 is 10.1 Å². The van der Waals surface area contributed by atoms with E-state index in [0.717, 1.165) is 3.57 Å². The van der Waals surface area contributed by atoms with Gasteiger partial charge in [0.05, 0.1) is 15.6 Å². The van der Waals surface area contributed by atoms with Gasteiger partial charge in [0.1, 0.15) is 5.75 Å². The Bertz CT molecular complexity index is 995. The summed E-state index contributed by atoms with van der Waals surface area (Å²) in [5.74, 6) is 0.320. The van der Waals surface area contributed by atoms with Crippen molar-refractivity contribution in [2.24, 2.45) is 0 Å². The van der Waals surface area contributed by atoms with E-state index in [1.165, 1.54) is 12.1 Å². The normalized spacial score (nSPS) is 12.1. The first kappa shape index (κ1) is 23.5. The summed E-state index contributed by atoms with van der Waals surface area (Å²) in [4.78, 5) is 12.5. The Hall–Kier alpha value is -1.76. The van der Waals surface area contributed by atoms with Crippen LogP contribution < -0.4 is 20.1 Å². The molecule has 0 bridgehead atoms. The molecular weight excluding hydrogens is 525 g/mol. The lowest BCUT2D eigenvalue weighted by Gasteiger charge is -2.13. The van der Waals surface area contributed by atoms with Crippen molar-refractivity contribution >= 4 is 61.5 Å². The zero-order valence-electron chi connectivity index (χ0n) is 16.2. The fraction of sp³-hybridized carbons (Fsp3) is 0.263. The highest BCUT2D eigenvalue weighted by Crippen LogP contribution is 2.21. The number of benzene rings is 2. The van der Waals surface area contributed by atoms with Crippen LogP contribution in [-0.4, -0.2) is 32.6 Å². The molecule has 0 spiro atoms. The lowest BCUT2D eigenvalue weighted by Crippen LogP contribution is -2.34. The fourth-order valence-electron chi connectivity index (χ4n) is 2.28. The Morgan fingerprint density at radius 3 is 2.41 bits per heavy atom. The second kappa shape index (κ2) is 10.3. The van der Waals surface area contributed by atoms with Gasteiger partial charge in [-0.25, -0.2) is 13.1 Å². The molecular formula is C19H22IN3O4S2. The molecule has 2 rings (SSSR count). The van der Waals surface area contributed by atoms with Gasteiger partial charge in [-0.05, 0) is 90.6 Å². The summed E-state index contributed by atoms with van der Waals surface area (Å²) in [7, 11) is -2.01. The zero-order chi connectivity index (χ0) is 21.6. The summed E-state index contributed by atoms with van der Waals surface area (Å²) in [6, 6.07) is 11.0. The highest BCUT2D eigenvalue weighted by Gasteiger charge is 2.16. The number of methoxy groups -OCH3 is 1. The molecule has 0 aliphatic carbocycles. The molecule has 29 heavy (non-hydrogen) atoms. The zero-order valence-corrected chi connectivity index (χ0v) is 19.9. The molecule has 0 saturated heterocycles. The first-order valence-electron chi connectivity index (χ1n) is 8.74. The molecule has 0 aliphatic rings. The largest absolute Gasteiger partial charge is 0.496 e. The van der Waals surface area contributed by atoms with E-state index >= 15 is 0 Å². The van der Waals surface area contributed by atoms with Gasteiger partial charge in [-0.15, -0.1) is 0 Å². The lowest BCUT2D eigenvalue weighted by molar-refractivity contribution is 0.0977. The Labute approximate surface area is 189 Å². The Balaban J connectivity index is 2.00. The quantitative estimate of drug-likeness (QED) is 0.363. The van der Waals surface area contributed by atoms with Crippen LogP contribution >= 0.6 is 34.8 Å². The molecule has 1 unspecified atom stereocenters. The average molecular weight is 547 g/mol. The smallest absolute Gasteiger partial charge is 0.257 e. The summed E-state index contributed by atoms with van der Waals surface area (Å²) in [5.41, 5.74) is 0.999. The Morgan fingerprint density at radius 2 is 1.86 bits per heavy atom. The van der Waals surface area contributed by atoms with Crippen molar-refractivity contribution < 1.29 is 17.9 Å². The first-order chi connectivity index (χ1) is 13.7. The minimum Gasteiger partial charge on any atom is -0.496 e. The van der Waals surface area contributed by atoms with Crippen LogP contribution in [0.3, 0.4) is 0 Å². The minimum absolute atomic E-state index is 0.106. The van der Waals surface area contributed by atoms with Crippen LogP contribution in [0.5, 0.6) is 5.75 Å². The molecule has 7 nitrogen and oxygen atoms in total. The average Bonchev–Trinajstić information content (AvgIpc) is 2.67. The number of ether oxygens (including phenoxy) is 1. The standard InChI is InChI=1S/C19H22IN3O4S2/c1-4-12(2)23-29(25,26)15-8-6-14(7-9-15)21-19(28)22-18(24)13-5-10-17(27-3)16(20)11-13/h5-12,23H,4H2,1-3H3,(H2,21,22,24,28). The van der Waals surface area contributed by atoms with Crippen molar-refractivity contribution in [3.05, 3.63) is 51.6 Å². The predicted molar refractivity (Wildman–Crippen MR) is 126 cm³/mol. The van der Waals surface area contributed by atoms with Crippen LogP contribution in [0.4, 0.5) is 5.69 Å². The second-order valence-electron chi connectivity index (χ2n) is 6.21. The molecule has 0 saturated carbocycles. The molecule has 3 N–H and O–H groups in total. The molecule has 2 aromatic carbocycles. The van der Waals surface area contributed by atoms with Crippen LogP contribution in [0, 0.1) is 3.57 Å². The number of hydrogen-bond donors (Lipinski definition) is 3. The number of thiocarbonyl (C=S) groups is 1. The van der Waals surface area contributed by atoms with Gasteiger partial charge in [0.15, 0.2) is 5.11 Å². The highest BCUT2D eigenvalue weighted by atomic mass is 127. The summed E-state index contributed by atoms with van der Waals surface area (Å²) in [5, 5.41) is 5.57. The SMILES string of the molecule is CCC(C)NS(=O)(=O)c1ccc(NC(=S)NC(=O)c2ccc(OC)c(I)c2)cc1. The number of sulfonamides is 1. The van der Waals surface area contributed by atoms with Crippen molar-refractivity contribution in [1.82, 2.24) is 10.0 Å². The second-order valence-corrected chi connectivity index (χ2v) is 9.50. The molecule has 0 radical (unpaired) electrons. The van der Waals surface area contributed by atoms with Crippen LogP contribution in [0.25, 0.3) is 0 Å². The summed E-state index contributed by atoms with van der Waals surface area (Å²) in [6.07, 6.45) is 0.695. The molecule has 10 heteroatoms. The number of rotatable bonds is 7. The molecule has 0 aromatic heterocycles. The van der Waals surface area contributed by atoms with Crippen molar-refractivity contribution in [1.29, 1.82) is 0 Å². The topological polar surface area (TPSA) is 96.5 Å². The van der Waals surface area contributed by atoms with E-state index in [0.29, 0.717) is 23.4 Å². The van der Waals surface area contributed by atoms with E-state index in [9.17, 15) is 13.2 Å². The van der Waals surface area contributed by atoms with Gasteiger partial charge in [-0.2, -0.15) is 0 Å². The van der Waals surface area contributed by atoms with E-state index in [1.54, 1.807) is 44.4 Å². The van der Waals surface area contributed by atoms with Crippen LogP contribution in [0.15, 0.2) is 47.4 Å². The molecule has 0 heterocycles. The van der Waals surface area contributed by atoms with E-state index in [4.69, 9.17) is 17.0 Å². The van der Waals surface area contributed by atoms with Gasteiger partial charge in [-0.1, -0.05) is 6.92 Å². The Morgan fingerprint density at radius 1 is 1.21 bits per heavy atom. The number of anilines is 1. The van der Waals surface area contributed by atoms with Gasteiger partial charge in [0, 0.05) is 17.3 Å². The summed E-state index contributed by atoms with van der Waals surface area (Å²) >= 11 is 7.26. The molecule has 0 fully saturated rings. The third-order valence-electron chi connectivity index (χ3n) is 4.03. The number of amides is 1. The summed E-state index contributed by atoms with van der Waals surface area (Å²) < 4.78 is 33.2. The van der Waals surface area contributed by atoms with Gasteiger partial charge in [0.2, 0.25) is 10.0 Å². The number of hydrogen-bond acceptors (Lipinski definition) is 5. The number of nitrogens with one attached hydrogen (secondary N) is 3. The molecule has 0 aliphatic heterocycles. The maximum atomic E-state index is 12.3. The van der Waals surface area contributed by atoms with Gasteiger partial charge in [0.25, 0.3) is 5.91 Å². The molecule has 1 atom stereocenters. The van der Waals surface area contributed by atoms with Crippen LogP contribution in [0.1, 0.15) is 30.6 Å². The third kappa shape index (κ3) is 6.63. The van der Waals surface area contributed by atoms with Crippen molar-refractivity contribution in [3.63, 3.8) is 0 Å². The third-order valence-corrected chi connectivity index (χ3v) is 6.68. The number of carbonyl (C=O) groups excluding carboxylic acids is 1. The van der Waals surface area contributed by atoms with Gasteiger partial charge >= 0.3 is 0 Å². The fourth-order valence-corrected chi connectivity index (χ4v) is 4.55. The maximum absolute atomic E-state index is 12.3. The predicted octanol–water partition coefficient (Wildman–Crippen LogP) is 3.50. The number of halogens is 1.